The van der Waals surface area contributed by atoms with Crippen LogP contribution >= 0.6 is 11.6 Å². The van der Waals surface area contributed by atoms with Crippen LogP contribution in [0.5, 0.6) is 0 Å². The fourth-order valence-corrected chi connectivity index (χ4v) is 2.45. The molecule has 1 heterocycles. The van der Waals surface area contributed by atoms with E-state index >= 15 is 0 Å². The maximum atomic E-state index is 13.3. The molecule has 0 amide bonds. The van der Waals surface area contributed by atoms with Crippen molar-refractivity contribution in [3.8, 4) is 0 Å². The molecule has 1 aromatic heterocycles. The van der Waals surface area contributed by atoms with Crippen molar-refractivity contribution < 1.29 is 9.13 Å². The van der Waals surface area contributed by atoms with E-state index < -0.39 is 0 Å². The summed E-state index contributed by atoms with van der Waals surface area (Å²) in [6.45, 7) is 3.59. The van der Waals surface area contributed by atoms with E-state index in [9.17, 15) is 4.39 Å². The van der Waals surface area contributed by atoms with Crippen LogP contribution in [0, 0.1) is 11.7 Å². The molecule has 0 saturated carbocycles. The normalized spacial score (nSPS) is 13.1. The first-order valence-electron chi connectivity index (χ1n) is 6.35. The lowest BCUT2D eigenvalue weighted by molar-refractivity contribution is 0.151. The molecule has 2 rings (SSSR count). The monoisotopic (exact) mass is 284 g/mol. The fourth-order valence-electron chi connectivity index (χ4n) is 2.28. The van der Waals surface area contributed by atoms with Gasteiger partial charge in [-0.15, -0.1) is 11.6 Å². The molecule has 104 valence electrons. The largest absolute Gasteiger partial charge is 0.384 e. The van der Waals surface area contributed by atoms with Gasteiger partial charge in [0, 0.05) is 32.0 Å². The number of benzene rings is 1. The highest BCUT2D eigenvalue weighted by atomic mass is 35.5. The first kappa shape index (κ1) is 14.3. The summed E-state index contributed by atoms with van der Waals surface area (Å²) in [6, 6.07) is 4.70. The topological polar surface area (TPSA) is 27.1 Å². The summed E-state index contributed by atoms with van der Waals surface area (Å²) >= 11 is 5.81. The Morgan fingerprint density at radius 3 is 2.95 bits per heavy atom. The second kappa shape index (κ2) is 6.35. The molecular formula is C14H18ClFN2O. The second-order valence-electron chi connectivity index (χ2n) is 4.77. The van der Waals surface area contributed by atoms with Gasteiger partial charge in [-0.25, -0.2) is 9.37 Å². The molecular weight excluding hydrogens is 267 g/mol. The van der Waals surface area contributed by atoms with Gasteiger partial charge >= 0.3 is 0 Å². The number of rotatable bonds is 6. The zero-order chi connectivity index (χ0) is 13.8. The van der Waals surface area contributed by atoms with E-state index in [1.165, 1.54) is 12.1 Å². The Labute approximate surface area is 117 Å². The number of imidazole rings is 1. The Balaban J connectivity index is 2.39. The second-order valence-corrected chi connectivity index (χ2v) is 5.15. The lowest BCUT2D eigenvalue weighted by Crippen LogP contribution is -2.15. The fraction of sp³-hybridized carbons (Fsp3) is 0.500. The Bertz CT molecular complexity index is 556. The van der Waals surface area contributed by atoms with Crippen molar-refractivity contribution in [2.75, 3.05) is 19.6 Å². The van der Waals surface area contributed by atoms with Crippen molar-refractivity contribution in [1.29, 1.82) is 0 Å². The summed E-state index contributed by atoms with van der Waals surface area (Å²) in [5.41, 5.74) is 1.63. The van der Waals surface area contributed by atoms with Crippen LogP contribution in [-0.2, 0) is 17.7 Å². The van der Waals surface area contributed by atoms with Crippen LogP contribution in [-0.4, -0.2) is 29.1 Å². The number of hydrogen-bond acceptors (Lipinski definition) is 2. The molecule has 0 radical (unpaired) electrons. The minimum atomic E-state index is -0.264. The molecule has 3 nitrogen and oxygen atoms in total. The third-order valence-corrected chi connectivity index (χ3v) is 3.24. The molecule has 0 bridgehead atoms. The van der Waals surface area contributed by atoms with E-state index in [0.29, 0.717) is 30.3 Å². The molecule has 1 aromatic carbocycles. The van der Waals surface area contributed by atoms with Crippen LogP contribution in [0.3, 0.4) is 0 Å². The number of aryl methyl sites for hydroxylation is 1. The molecule has 0 aliphatic carbocycles. The average Bonchev–Trinajstić information content (AvgIpc) is 2.67. The molecule has 5 heteroatoms. The average molecular weight is 285 g/mol. The van der Waals surface area contributed by atoms with Crippen molar-refractivity contribution in [3.63, 3.8) is 0 Å². The minimum Gasteiger partial charge on any atom is -0.384 e. The molecule has 2 aromatic rings. The SMILES string of the molecule is COCC(C)Cn1c(CCCl)nc2cc(F)ccc21. The molecule has 0 fully saturated rings. The smallest absolute Gasteiger partial charge is 0.125 e. The third-order valence-electron chi connectivity index (χ3n) is 3.05. The van der Waals surface area contributed by atoms with Crippen molar-refractivity contribution in [2.45, 2.75) is 19.9 Å². The quantitative estimate of drug-likeness (QED) is 0.762. The van der Waals surface area contributed by atoms with Crippen LogP contribution in [0.4, 0.5) is 4.39 Å². The van der Waals surface area contributed by atoms with Crippen LogP contribution in [0.15, 0.2) is 18.2 Å². The van der Waals surface area contributed by atoms with Crippen LogP contribution in [0.25, 0.3) is 11.0 Å². The highest BCUT2D eigenvalue weighted by molar-refractivity contribution is 6.17. The number of halogens is 2. The zero-order valence-corrected chi connectivity index (χ0v) is 12.0. The number of fused-ring (bicyclic) bond motifs is 1. The molecule has 0 spiro atoms. The Morgan fingerprint density at radius 1 is 1.47 bits per heavy atom. The van der Waals surface area contributed by atoms with E-state index in [2.05, 4.69) is 16.5 Å². The summed E-state index contributed by atoms with van der Waals surface area (Å²) in [6.07, 6.45) is 0.678. The van der Waals surface area contributed by atoms with Gasteiger partial charge in [0.05, 0.1) is 17.6 Å². The standard InChI is InChI=1S/C14H18ClFN2O/c1-10(9-19-2)8-18-13-4-3-11(16)7-12(13)17-14(18)5-6-15/h3-4,7,10H,5-6,8-9H2,1-2H3. The predicted molar refractivity (Wildman–Crippen MR) is 75.2 cm³/mol. The van der Waals surface area contributed by atoms with Gasteiger partial charge in [-0.1, -0.05) is 6.92 Å². The predicted octanol–water partition coefficient (Wildman–Crippen LogP) is 3.24. The summed E-state index contributed by atoms with van der Waals surface area (Å²) in [4.78, 5) is 4.47. The van der Waals surface area contributed by atoms with Gasteiger partial charge in [0.15, 0.2) is 0 Å². The van der Waals surface area contributed by atoms with Crippen molar-refractivity contribution in [1.82, 2.24) is 9.55 Å². The highest BCUT2D eigenvalue weighted by Gasteiger charge is 2.13. The highest BCUT2D eigenvalue weighted by Crippen LogP contribution is 2.20. The van der Waals surface area contributed by atoms with E-state index in [-0.39, 0.29) is 5.82 Å². The van der Waals surface area contributed by atoms with Gasteiger partial charge in [-0.3, -0.25) is 0 Å². The Hall–Kier alpha value is -1.13. The molecule has 1 unspecified atom stereocenters. The molecule has 0 aliphatic rings. The van der Waals surface area contributed by atoms with Crippen LogP contribution in [0.2, 0.25) is 0 Å². The lowest BCUT2D eigenvalue weighted by Gasteiger charge is -2.14. The van der Waals surface area contributed by atoms with Gasteiger partial charge in [-0.05, 0) is 18.1 Å². The Morgan fingerprint density at radius 2 is 2.26 bits per heavy atom. The zero-order valence-electron chi connectivity index (χ0n) is 11.2. The van der Waals surface area contributed by atoms with Crippen molar-refractivity contribution >= 4 is 22.6 Å². The first-order valence-corrected chi connectivity index (χ1v) is 6.88. The molecule has 19 heavy (non-hydrogen) atoms. The van der Waals surface area contributed by atoms with Crippen LogP contribution < -0.4 is 0 Å². The molecule has 1 atom stereocenters. The van der Waals surface area contributed by atoms with Crippen molar-refractivity contribution in [3.05, 3.63) is 29.8 Å². The lowest BCUT2D eigenvalue weighted by atomic mass is 10.2. The third kappa shape index (κ3) is 3.25. The number of alkyl halides is 1. The molecule has 0 N–H and O–H groups in total. The summed E-state index contributed by atoms with van der Waals surface area (Å²) in [5.74, 6) is 1.50. The van der Waals surface area contributed by atoms with Crippen LogP contribution in [0.1, 0.15) is 12.7 Å². The summed E-state index contributed by atoms with van der Waals surface area (Å²) < 4.78 is 20.5. The summed E-state index contributed by atoms with van der Waals surface area (Å²) in [5, 5.41) is 0. The maximum absolute atomic E-state index is 13.3. The van der Waals surface area contributed by atoms with E-state index in [0.717, 1.165) is 17.9 Å². The number of methoxy groups -OCH3 is 1. The van der Waals surface area contributed by atoms with Gasteiger partial charge in [0.2, 0.25) is 0 Å². The van der Waals surface area contributed by atoms with Gasteiger partial charge in [0.25, 0.3) is 0 Å². The number of nitrogens with zero attached hydrogens (tertiary/aromatic N) is 2. The maximum Gasteiger partial charge on any atom is 0.125 e. The Kier molecular flexibility index (Phi) is 4.77. The molecule has 0 aliphatic heterocycles. The number of hydrogen-bond donors (Lipinski definition) is 0. The first-order chi connectivity index (χ1) is 9.15. The minimum absolute atomic E-state index is 0.264. The summed E-state index contributed by atoms with van der Waals surface area (Å²) in [7, 11) is 1.69. The van der Waals surface area contributed by atoms with Gasteiger partial charge in [-0.2, -0.15) is 0 Å². The number of aromatic nitrogens is 2. The van der Waals surface area contributed by atoms with Gasteiger partial charge in [0.1, 0.15) is 11.6 Å². The number of ether oxygens (including phenoxy) is 1. The van der Waals surface area contributed by atoms with Gasteiger partial charge < -0.3 is 9.30 Å². The van der Waals surface area contributed by atoms with E-state index in [1.807, 2.05) is 0 Å². The van der Waals surface area contributed by atoms with E-state index in [1.54, 1.807) is 13.2 Å². The van der Waals surface area contributed by atoms with Crippen molar-refractivity contribution in [2.24, 2.45) is 5.92 Å². The van der Waals surface area contributed by atoms with E-state index in [4.69, 9.17) is 16.3 Å². The molecule has 0 saturated heterocycles.